The molecule has 0 spiro atoms. The molecule has 0 aliphatic rings. The molecule has 0 aliphatic carbocycles. The van der Waals surface area contributed by atoms with Crippen molar-refractivity contribution < 1.29 is 5.11 Å². The van der Waals surface area contributed by atoms with Crippen LogP contribution in [0.4, 0.5) is 0 Å². The Kier molecular flexibility index (Phi) is 5.42. The van der Waals surface area contributed by atoms with Crippen molar-refractivity contribution in [1.29, 1.82) is 0 Å². The lowest BCUT2D eigenvalue weighted by molar-refractivity contribution is 0.377. The SMILES string of the molecule is C=CC(C)(CNCC(C)C)Cc1cccc(O)c1. The Bertz CT molecular complexity index is 386. The molecule has 1 aromatic rings. The molecule has 0 bridgehead atoms. The van der Waals surface area contributed by atoms with Gasteiger partial charge in [-0.15, -0.1) is 6.58 Å². The third kappa shape index (κ3) is 4.92. The second-order valence-corrected chi connectivity index (χ2v) is 5.73. The third-order valence-electron chi connectivity index (χ3n) is 3.09. The zero-order chi connectivity index (χ0) is 13.6. The van der Waals surface area contributed by atoms with Crippen molar-refractivity contribution in [3.05, 3.63) is 42.5 Å². The van der Waals surface area contributed by atoms with Crippen LogP contribution in [0.5, 0.6) is 5.75 Å². The van der Waals surface area contributed by atoms with Crippen molar-refractivity contribution in [1.82, 2.24) is 5.32 Å². The summed E-state index contributed by atoms with van der Waals surface area (Å²) >= 11 is 0. The molecule has 0 aromatic heterocycles. The topological polar surface area (TPSA) is 32.3 Å². The van der Waals surface area contributed by atoms with Crippen molar-refractivity contribution in [2.45, 2.75) is 27.2 Å². The number of aromatic hydroxyl groups is 1. The van der Waals surface area contributed by atoms with E-state index < -0.39 is 0 Å². The van der Waals surface area contributed by atoms with Crippen LogP contribution < -0.4 is 5.32 Å². The molecule has 0 radical (unpaired) electrons. The van der Waals surface area contributed by atoms with E-state index in [1.165, 1.54) is 0 Å². The molecular formula is C16H25NO. The van der Waals surface area contributed by atoms with Gasteiger partial charge in [0.2, 0.25) is 0 Å². The molecule has 100 valence electrons. The number of hydrogen-bond acceptors (Lipinski definition) is 2. The molecule has 2 nitrogen and oxygen atoms in total. The predicted molar refractivity (Wildman–Crippen MR) is 77.8 cm³/mol. The Morgan fingerprint density at radius 1 is 1.44 bits per heavy atom. The second-order valence-electron chi connectivity index (χ2n) is 5.73. The van der Waals surface area contributed by atoms with Gasteiger partial charge >= 0.3 is 0 Å². The quantitative estimate of drug-likeness (QED) is 0.724. The van der Waals surface area contributed by atoms with Crippen LogP contribution in [0, 0.1) is 11.3 Å². The van der Waals surface area contributed by atoms with Gasteiger partial charge in [-0.2, -0.15) is 0 Å². The van der Waals surface area contributed by atoms with E-state index >= 15 is 0 Å². The minimum absolute atomic E-state index is 0.0166. The molecule has 0 aliphatic heterocycles. The molecule has 18 heavy (non-hydrogen) atoms. The highest BCUT2D eigenvalue weighted by atomic mass is 16.3. The summed E-state index contributed by atoms with van der Waals surface area (Å²) in [6.07, 6.45) is 2.89. The maximum Gasteiger partial charge on any atom is 0.115 e. The number of nitrogens with one attached hydrogen (secondary N) is 1. The van der Waals surface area contributed by atoms with Crippen molar-refractivity contribution in [2.24, 2.45) is 11.3 Å². The van der Waals surface area contributed by atoms with Gasteiger partial charge in [-0.05, 0) is 36.6 Å². The number of benzene rings is 1. The van der Waals surface area contributed by atoms with Crippen molar-refractivity contribution in [3.63, 3.8) is 0 Å². The van der Waals surface area contributed by atoms with E-state index in [2.05, 4.69) is 32.7 Å². The van der Waals surface area contributed by atoms with Crippen LogP contribution >= 0.6 is 0 Å². The normalized spacial score (nSPS) is 14.4. The Labute approximate surface area is 111 Å². The van der Waals surface area contributed by atoms with Gasteiger partial charge in [-0.1, -0.05) is 39.0 Å². The van der Waals surface area contributed by atoms with Gasteiger partial charge in [0.15, 0.2) is 0 Å². The molecule has 2 heteroatoms. The van der Waals surface area contributed by atoms with E-state index in [1.807, 2.05) is 24.3 Å². The molecule has 0 saturated carbocycles. The lowest BCUT2D eigenvalue weighted by atomic mass is 9.83. The van der Waals surface area contributed by atoms with E-state index in [4.69, 9.17) is 0 Å². The molecule has 0 amide bonds. The van der Waals surface area contributed by atoms with Crippen molar-refractivity contribution in [3.8, 4) is 5.75 Å². The van der Waals surface area contributed by atoms with Gasteiger partial charge in [0.05, 0.1) is 0 Å². The first-order chi connectivity index (χ1) is 8.45. The summed E-state index contributed by atoms with van der Waals surface area (Å²) < 4.78 is 0. The maximum absolute atomic E-state index is 9.49. The first-order valence-corrected chi connectivity index (χ1v) is 6.57. The summed E-state index contributed by atoms with van der Waals surface area (Å²) in [6.45, 7) is 12.5. The summed E-state index contributed by atoms with van der Waals surface area (Å²) in [5, 5.41) is 13.0. The Morgan fingerprint density at radius 2 is 2.17 bits per heavy atom. The van der Waals surface area contributed by atoms with Crippen LogP contribution in [0.25, 0.3) is 0 Å². The van der Waals surface area contributed by atoms with Crippen LogP contribution in [0.1, 0.15) is 26.3 Å². The monoisotopic (exact) mass is 247 g/mol. The van der Waals surface area contributed by atoms with Gasteiger partial charge in [0, 0.05) is 12.0 Å². The van der Waals surface area contributed by atoms with Crippen molar-refractivity contribution >= 4 is 0 Å². The van der Waals surface area contributed by atoms with E-state index in [9.17, 15) is 5.11 Å². The lowest BCUT2D eigenvalue weighted by Gasteiger charge is -2.27. The molecular weight excluding hydrogens is 222 g/mol. The van der Waals surface area contributed by atoms with Gasteiger partial charge in [-0.3, -0.25) is 0 Å². The number of phenols is 1. The van der Waals surface area contributed by atoms with E-state index in [-0.39, 0.29) is 5.41 Å². The first-order valence-electron chi connectivity index (χ1n) is 6.57. The van der Waals surface area contributed by atoms with E-state index in [0.717, 1.165) is 25.1 Å². The van der Waals surface area contributed by atoms with Gasteiger partial charge in [0.1, 0.15) is 5.75 Å². The van der Waals surface area contributed by atoms with Crippen LogP contribution in [0.15, 0.2) is 36.9 Å². The smallest absolute Gasteiger partial charge is 0.115 e. The average molecular weight is 247 g/mol. The van der Waals surface area contributed by atoms with Gasteiger partial charge in [0.25, 0.3) is 0 Å². The van der Waals surface area contributed by atoms with Gasteiger partial charge < -0.3 is 10.4 Å². The summed E-state index contributed by atoms with van der Waals surface area (Å²) in [5.41, 5.74) is 1.16. The zero-order valence-electron chi connectivity index (χ0n) is 11.7. The molecule has 2 N–H and O–H groups in total. The highest BCUT2D eigenvalue weighted by Gasteiger charge is 2.20. The number of hydrogen-bond donors (Lipinski definition) is 2. The highest BCUT2D eigenvalue weighted by molar-refractivity contribution is 5.28. The summed E-state index contributed by atoms with van der Waals surface area (Å²) in [5.74, 6) is 0.980. The molecule has 1 aromatic carbocycles. The maximum atomic E-state index is 9.49. The summed E-state index contributed by atoms with van der Waals surface area (Å²) in [6, 6.07) is 7.45. The molecule has 0 saturated heterocycles. The molecule has 1 rings (SSSR count). The fourth-order valence-electron chi connectivity index (χ4n) is 1.99. The highest BCUT2D eigenvalue weighted by Crippen LogP contribution is 2.24. The fraction of sp³-hybridized carbons (Fsp3) is 0.500. The van der Waals surface area contributed by atoms with Crippen LogP contribution in [-0.4, -0.2) is 18.2 Å². The Balaban J connectivity index is 2.61. The minimum Gasteiger partial charge on any atom is -0.508 e. The number of rotatable bonds is 7. The first kappa shape index (κ1) is 14.8. The Morgan fingerprint density at radius 3 is 2.72 bits per heavy atom. The number of phenolic OH excluding ortho intramolecular Hbond substituents is 1. The predicted octanol–water partition coefficient (Wildman–Crippen LogP) is 3.37. The van der Waals surface area contributed by atoms with Gasteiger partial charge in [-0.25, -0.2) is 0 Å². The molecule has 1 unspecified atom stereocenters. The fourth-order valence-corrected chi connectivity index (χ4v) is 1.99. The molecule has 0 fully saturated rings. The summed E-state index contributed by atoms with van der Waals surface area (Å²) in [4.78, 5) is 0. The molecule has 1 atom stereocenters. The summed E-state index contributed by atoms with van der Waals surface area (Å²) in [7, 11) is 0. The van der Waals surface area contributed by atoms with Crippen molar-refractivity contribution in [2.75, 3.05) is 13.1 Å². The Hall–Kier alpha value is -1.28. The van der Waals surface area contributed by atoms with E-state index in [0.29, 0.717) is 11.7 Å². The zero-order valence-corrected chi connectivity index (χ0v) is 11.7. The van der Waals surface area contributed by atoms with Crippen LogP contribution in [0.3, 0.4) is 0 Å². The van der Waals surface area contributed by atoms with Crippen LogP contribution in [0.2, 0.25) is 0 Å². The van der Waals surface area contributed by atoms with E-state index in [1.54, 1.807) is 6.07 Å². The minimum atomic E-state index is 0.0166. The molecule has 0 heterocycles. The standard InChI is InChI=1S/C16H25NO/c1-5-16(4,12-17-11-13(2)3)10-14-7-6-8-15(18)9-14/h5-9,13,17-18H,1,10-12H2,2-4H3. The second kappa shape index (κ2) is 6.60. The third-order valence-corrected chi connectivity index (χ3v) is 3.09. The average Bonchev–Trinajstić information content (AvgIpc) is 2.28. The largest absolute Gasteiger partial charge is 0.508 e. The lowest BCUT2D eigenvalue weighted by Crippen LogP contribution is -2.34. The van der Waals surface area contributed by atoms with Crippen LogP contribution in [-0.2, 0) is 6.42 Å².